The van der Waals surface area contributed by atoms with Crippen molar-refractivity contribution in [1.82, 2.24) is 15.1 Å². The molecule has 0 bridgehead atoms. The minimum Gasteiger partial charge on any atom is -0.348 e. The van der Waals surface area contributed by atoms with Gasteiger partial charge in [0.25, 0.3) is 0 Å². The minimum atomic E-state index is 0.0173. The van der Waals surface area contributed by atoms with Crippen LogP contribution >= 0.6 is 0 Å². The largest absolute Gasteiger partial charge is 0.348 e. The molecule has 2 aromatic rings. The number of piperazine rings is 1. The van der Waals surface area contributed by atoms with Gasteiger partial charge in [-0.3, -0.25) is 9.69 Å². The number of nitrogens with one attached hydrogen (secondary N) is 1. The second-order valence-electron chi connectivity index (χ2n) is 7.40. The first-order chi connectivity index (χ1) is 13.2. The lowest BCUT2D eigenvalue weighted by Gasteiger charge is -2.34. The molecule has 3 rings (SSSR count). The first kappa shape index (κ1) is 19.6. The van der Waals surface area contributed by atoms with Crippen LogP contribution in [0.1, 0.15) is 31.9 Å². The van der Waals surface area contributed by atoms with E-state index in [0.29, 0.717) is 6.54 Å². The van der Waals surface area contributed by atoms with E-state index in [1.54, 1.807) is 0 Å². The number of hydrogen-bond donors (Lipinski definition) is 1. The fourth-order valence-electron chi connectivity index (χ4n) is 3.66. The Balaban J connectivity index is 1.48. The third-order valence-electron chi connectivity index (χ3n) is 5.27. The molecular weight excluding hydrogens is 334 g/mol. The highest BCUT2D eigenvalue weighted by molar-refractivity contribution is 5.78. The summed E-state index contributed by atoms with van der Waals surface area (Å²) in [5, 5.41) is 3.14. The van der Waals surface area contributed by atoms with Gasteiger partial charge < -0.3 is 10.2 Å². The molecule has 0 radical (unpaired) electrons. The van der Waals surface area contributed by atoms with Crippen molar-refractivity contribution in [2.45, 2.75) is 26.3 Å². The van der Waals surface area contributed by atoms with Crippen molar-refractivity contribution < 1.29 is 4.79 Å². The van der Waals surface area contributed by atoms with Gasteiger partial charge in [-0.25, -0.2) is 0 Å². The maximum absolute atomic E-state index is 12.4. The lowest BCUT2D eigenvalue weighted by atomic mass is 10.0. The average molecular weight is 366 g/mol. The van der Waals surface area contributed by atoms with Gasteiger partial charge in [-0.2, -0.15) is 0 Å². The molecule has 1 heterocycles. The maximum atomic E-state index is 12.4. The zero-order valence-electron chi connectivity index (χ0n) is 16.5. The van der Waals surface area contributed by atoms with Gasteiger partial charge in [-0.05, 0) is 36.6 Å². The van der Waals surface area contributed by atoms with Crippen LogP contribution in [-0.4, -0.2) is 55.0 Å². The van der Waals surface area contributed by atoms with Crippen molar-refractivity contribution in [3.63, 3.8) is 0 Å². The number of carbonyl (C=O) groups excluding carboxylic acids is 1. The Labute approximate surface area is 163 Å². The molecule has 1 amide bonds. The van der Waals surface area contributed by atoms with Gasteiger partial charge in [-0.15, -0.1) is 0 Å². The van der Waals surface area contributed by atoms with Crippen molar-refractivity contribution >= 4 is 5.91 Å². The third kappa shape index (κ3) is 5.65. The van der Waals surface area contributed by atoms with E-state index in [4.69, 9.17) is 0 Å². The predicted octanol–water partition coefficient (Wildman–Crippen LogP) is 3.56. The number of amides is 1. The molecule has 2 aromatic carbocycles. The van der Waals surface area contributed by atoms with Gasteiger partial charge in [0, 0.05) is 26.2 Å². The van der Waals surface area contributed by atoms with Crippen molar-refractivity contribution in [3.8, 4) is 11.1 Å². The highest BCUT2D eigenvalue weighted by Gasteiger charge is 2.19. The Morgan fingerprint density at radius 2 is 1.52 bits per heavy atom. The van der Waals surface area contributed by atoms with Crippen molar-refractivity contribution in [2.24, 2.45) is 0 Å². The number of benzene rings is 2. The summed E-state index contributed by atoms with van der Waals surface area (Å²) in [6, 6.07) is 18.8. The average Bonchev–Trinajstić information content (AvgIpc) is 2.70. The zero-order chi connectivity index (χ0) is 19.1. The lowest BCUT2D eigenvalue weighted by Crippen LogP contribution is -2.49. The summed E-state index contributed by atoms with van der Waals surface area (Å²) in [6.07, 6.45) is 1.20. The molecule has 4 heteroatoms. The van der Waals surface area contributed by atoms with Gasteiger partial charge in [0.1, 0.15) is 0 Å². The molecule has 144 valence electrons. The fourth-order valence-corrected chi connectivity index (χ4v) is 3.66. The van der Waals surface area contributed by atoms with Gasteiger partial charge >= 0.3 is 0 Å². The summed E-state index contributed by atoms with van der Waals surface area (Å²) < 4.78 is 0. The third-order valence-corrected chi connectivity index (χ3v) is 5.27. The monoisotopic (exact) mass is 365 g/mol. The molecule has 1 saturated heterocycles. The predicted molar refractivity (Wildman–Crippen MR) is 112 cm³/mol. The van der Waals surface area contributed by atoms with Crippen LogP contribution in [0.25, 0.3) is 11.1 Å². The molecule has 1 atom stereocenters. The van der Waals surface area contributed by atoms with Crippen LogP contribution in [0, 0.1) is 0 Å². The molecular formula is C23H31N3O. The maximum Gasteiger partial charge on any atom is 0.234 e. The van der Waals surface area contributed by atoms with Gasteiger partial charge in [0.2, 0.25) is 5.91 Å². The van der Waals surface area contributed by atoms with Crippen LogP contribution in [0.4, 0.5) is 0 Å². The first-order valence-corrected chi connectivity index (χ1v) is 10.0. The summed E-state index contributed by atoms with van der Waals surface area (Å²) in [6.45, 7) is 10.0. The van der Waals surface area contributed by atoms with Crippen molar-refractivity contribution in [3.05, 3.63) is 60.2 Å². The highest BCUT2D eigenvalue weighted by atomic mass is 16.2. The Kier molecular flexibility index (Phi) is 7.02. The van der Waals surface area contributed by atoms with E-state index in [-0.39, 0.29) is 11.9 Å². The summed E-state index contributed by atoms with van der Waals surface area (Å²) in [4.78, 5) is 17.2. The Morgan fingerprint density at radius 3 is 2.15 bits per heavy atom. The van der Waals surface area contributed by atoms with Crippen LogP contribution in [0.2, 0.25) is 0 Å². The van der Waals surface area contributed by atoms with Crippen molar-refractivity contribution in [2.75, 3.05) is 39.3 Å². The van der Waals surface area contributed by atoms with Crippen LogP contribution in [0.5, 0.6) is 0 Å². The number of carbonyl (C=O) groups is 1. The van der Waals surface area contributed by atoms with E-state index in [1.807, 2.05) is 18.2 Å². The Hall–Kier alpha value is -2.17. The smallest absolute Gasteiger partial charge is 0.234 e. The lowest BCUT2D eigenvalue weighted by molar-refractivity contribution is -0.123. The Bertz CT molecular complexity index is 706. The summed E-state index contributed by atoms with van der Waals surface area (Å²) in [5.74, 6) is 0.110. The highest BCUT2D eigenvalue weighted by Crippen LogP contribution is 2.21. The SMILES string of the molecule is CCCN1CCN(CC(=O)N[C@@H](C)c2ccc(-c3ccccc3)cc2)CC1. The molecule has 1 fully saturated rings. The number of hydrogen-bond acceptors (Lipinski definition) is 3. The molecule has 1 N–H and O–H groups in total. The molecule has 27 heavy (non-hydrogen) atoms. The van der Waals surface area contributed by atoms with E-state index in [0.717, 1.165) is 38.3 Å². The first-order valence-electron chi connectivity index (χ1n) is 10.0. The molecule has 0 saturated carbocycles. The van der Waals surface area contributed by atoms with Crippen LogP contribution in [0.15, 0.2) is 54.6 Å². The second-order valence-corrected chi connectivity index (χ2v) is 7.40. The van der Waals surface area contributed by atoms with Gasteiger partial charge in [0.05, 0.1) is 12.6 Å². The van der Waals surface area contributed by atoms with E-state index in [1.165, 1.54) is 17.5 Å². The summed E-state index contributed by atoms with van der Waals surface area (Å²) in [7, 11) is 0. The van der Waals surface area contributed by atoms with Crippen LogP contribution in [-0.2, 0) is 4.79 Å². The molecule has 1 aliphatic heterocycles. The van der Waals surface area contributed by atoms with E-state index in [9.17, 15) is 4.79 Å². The fraction of sp³-hybridized carbons (Fsp3) is 0.435. The zero-order valence-corrected chi connectivity index (χ0v) is 16.5. The van der Waals surface area contributed by atoms with Gasteiger partial charge in [-0.1, -0.05) is 61.5 Å². The molecule has 0 unspecified atom stereocenters. The molecule has 1 aliphatic rings. The van der Waals surface area contributed by atoms with Crippen LogP contribution in [0.3, 0.4) is 0 Å². The summed E-state index contributed by atoms with van der Waals surface area (Å²) >= 11 is 0. The van der Waals surface area contributed by atoms with E-state index >= 15 is 0 Å². The quantitative estimate of drug-likeness (QED) is 0.815. The topological polar surface area (TPSA) is 35.6 Å². The van der Waals surface area contributed by atoms with Crippen molar-refractivity contribution in [1.29, 1.82) is 0 Å². The molecule has 4 nitrogen and oxygen atoms in total. The minimum absolute atomic E-state index is 0.0173. The molecule has 0 aromatic heterocycles. The summed E-state index contributed by atoms with van der Waals surface area (Å²) in [5.41, 5.74) is 3.54. The standard InChI is InChI=1S/C23H31N3O/c1-3-13-25-14-16-26(17-15-25)18-23(27)24-19(2)20-9-11-22(12-10-20)21-7-5-4-6-8-21/h4-12,19H,3,13-18H2,1-2H3,(H,24,27)/t19-/m0/s1. The number of rotatable bonds is 7. The van der Waals surface area contributed by atoms with Crippen LogP contribution < -0.4 is 5.32 Å². The Morgan fingerprint density at radius 1 is 0.926 bits per heavy atom. The molecule has 0 spiro atoms. The normalized spacial score (nSPS) is 16.8. The van der Waals surface area contributed by atoms with E-state index in [2.05, 4.69) is 65.4 Å². The van der Waals surface area contributed by atoms with Gasteiger partial charge in [0.15, 0.2) is 0 Å². The molecule has 0 aliphatic carbocycles. The van der Waals surface area contributed by atoms with E-state index < -0.39 is 0 Å². The number of nitrogens with zero attached hydrogens (tertiary/aromatic N) is 2. The second kappa shape index (κ2) is 9.67.